The van der Waals surface area contributed by atoms with Gasteiger partial charge >= 0.3 is 0 Å². The molecule has 0 spiro atoms. The summed E-state index contributed by atoms with van der Waals surface area (Å²) in [4.78, 5) is 15.9. The highest BCUT2D eigenvalue weighted by molar-refractivity contribution is 7.89. The third kappa shape index (κ3) is 3.79. The number of sulfonamides is 1. The van der Waals surface area contributed by atoms with Crippen LogP contribution in [0.4, 0.5) is 5.69 Å². The molecular formula is C17H25N3O3S. The molecule has 1 amide bonds. The van der Waals surface area contributed by atoms with Crippen molar-refractivity contribution < 1.29 is 13.2 Å². The van der Waals surface area contributed by atoms with Gasteiger partial charge < -0.3 is 9.80 Å². The van der Waals surface area contributed by atoms with Crippen LogP contribution in [-0.4, -0.2) is 51.9 Å². The molecule has 0 saturated carbocycles. The lowest BCUT2D eigenvalue weighted by atomic mass is 10.1. The van der Waals surface area contributed by atoms with Crippen molar-refractivity contribution in [2.45, 2.75) is 37.5 Å². The molecule has 2 aliphatic rings. The van der Waals surface area contributed by atoms with E-state index in [0.717, 1.165) is 30.9 Å². The predicted molar refractivity (Wildman–Crippen MR) is 93.7 cm³/mol. The van der Waals surface area contributed by atoms with Crippen molar-refractivity contribution in [3.63, 3.8) is 0 Å². The van der Waals surface area contributed by atoms with Crippen molar-refractivity contribution in [2.24, 2.45) is 0 Å². The first-order valence-electron chi connectivity index (χ1n) is 8.60. The molecule has 1 aromatic rings. The van der Waals surface area contributed by atoms with Crippen molar-refractivity contribution in [2.75, 3.05) is 37.6 Å². The largest absolute Gasteiger partial charge is 0.312 e. The Kier molecular flexibility index (Phi) is 5.22. The first kappa shape index (κ1) is 17.4. The number of nitrogens with zero attached hydrogens (tertiary/aromatic N) is 2. The molecule has 3 rings (SSSR count). The van der Waals surface area contributed by atoms with E-state index in [-0.39, 0.29) is 10.8 Å². The number of hydrogen-bond acceptors (Lipinski definition) is 4. The number of piperidine rings is 1. The number of rotatable bonds is 5. The second-order valence-electron chi connectivity index (χ2n) is 6.51. The van der Waals surface area contributed by atoms with Gasteiger partial charge in [0.2, 0.25) is 15.9 Å². The second kappa shape index (κ2) is 7.21. The number of amides is 1. The third-order valence-corrected chi connectivity index (χ3v) is 6.26. The number of hydrogen-bond donors (Lipinski definition) is 1. The molecule has 6 nitrogen and oxygen atoms in total. The maximum atomic E-state index is 12.5. The lowest BCUT2D eigenvalue weighted by molar-refractivity contribution is -0.116. The zero-order valence-corrected chi connectivity index (χ0v) is 14.9. The van der Waals surface area contributed by atoms with Crippen molar-refractivity contribution in [3.05, 3.63) is 23.8 Å². The maximum absolute atomic E-state index is 12.5. The summed E-state index contributed by atoms with van der Waals surface area (Å²) in [6.07, 6.45) is 4.37. The van der Waals surface area contributed by atoms with Gasteiger partial charge in [-0.1, -0.05) is 6.42 Å². The van der Waals surface area contributed by atoms with Gasteiger partial charge in [0, 0.05) is 32.2 Å². The van der Waals surface area contributed by atoms with E-state index in [2.05, 4.69) is 9.62 Å². The van der Waals surface area contributed by atoms with Gasteiger partial charge in [0.15, 0.2) is 0 Å². The van der Waals surface area contributed by atoms with Crippen LogP contribution in [0.5, 0.6) is 0 Å². The smallest absolute Gasteiger partial charge is 0.240 e. The third-order valence-electron chi connectivity index (χ3n) is 4.81. The SMILES string of the molecule is CC(=O)N1CCc2cc(S(=O)(=O)NCCN3CCCCC3)ccc21. The molecule has 0 unspecified atom stereocenters. The van der Waals surface area contributed by atoms with Crippen LogP contribution in [0.3, 0.4) is 0 Å². The number of likely N-dealkylation sites (tertiary alicyclic amines) is 1. The molecule has 132 valence electrons. The highest BCUT2D eigenvalue weighted by atomic mass is 32.2. The summed E-state index contributed by atoms with van der Waals surface area (Å²) in [6.45, 7) is 5.45. The molecule has 0 radical (unpaired) electrons. The van der Waals surface area contributed by atoms with Gasteiger partial charge in [-0.2, -0.15) is 0 Å². The fraction of sp³-hybridized carbons (Fsp3) is 0.588. The van der Waals surface area contributed by atoms with Crippen molar-refractivity contribution in [1.29, 1.82) is 0 Å². The Morgan fingerprint density at radius 2 is 1.92 bits per heavy atom. The van der Waals surface area contributed by atoms with Gasteiger partial charge in [0.25, 0.3) is 0 Å². The van der Waals surface area contributed by atoms with Crippen LogP contribution in [0.15, 0.2) is 23.1 Å². The number of anilines is 1. The molecule has 7 heteroatoms. The van der Waals surface area contributed by atoms with E-state index in [1.165, 1.54) is 26.2 Å². The monoisotopic (exact) mass is 351 g/mol. The molecule has 0 aromatic heterocycles. The van der Waals surface area contributed by atoms with Crippen LogP contribution >= 0.6 is 0 Å². The average molecular weight is 351 g/mol. The molecule has 1 saturated heterocycles. The van der Waals surface area contributed by atoms with Crippen LogP contribution < -0.4 is 9.62 Å². The predicted octanol–water partition coefficient (Wildman–Crippen LogP) is 1.36. The van der Waals surface area contributed by atoms with Crippen molar-refractivity contribution in [1.82, 2.24) is 9.62 Å². The number of fused-ring (bicyclic) bond motifs is 1. The fourth-order valence-electron chi connectivity index (χ4n) is 3.48. The van der Waals surface area contributed by atoms with Gasteiger partial charge in [-0.05, 0) is 56.1 Å². The van der Waals surface area contributed by atoms with Gasteiger partial charge in [-0.25, -0.2) is 13.1 Å². The van der Waals surface area contributed by atoms with Crippen LogP contribution in [0.25, 0.3) is 0 Å². The Morgan fingerprint density at radius 3 is 2.62 bits per heavy atom. The summed E-state index contributed by atoms with van der Waals surface area (Å²) in [5, 5.41) is 0. The Bertz CT molecular complexity index is 712. The second-order valence-corrected chi connectivity index (χ2v) is 8.28. The first-order valence-corrected chi connectivity index (χ1v) is 10.1. The standard InChI is InChI=1S/C17H25N3O3S/c1-14(21)20-11-7-15-13-16(5-6-17(15)20)24(22,23)18-8-12-19-9-3-2-4-10-19/h5-6,13,18H,2-4,7-12H2,1H3. The van der Waals surface area contributed by atoms with Crippen LogP contribution in [0, 0.1) is 0 Å². The summed E-state index contributed by atoms with van der Waals surface area (Å²) in [5.74, 6) is -0.0102. The van der Waals surface area contributed by atoms with E-state index in [9.17, 15) is 13.2 Å². The molecule has 0 bridgehead atoms. The van der Waals surface area contributed by atoms with E-state index in [4.69, 9.17) is 0 Å². The Labute approximate surface area is 143 Å². The van der Waals surface area contributed by atoms with Gasteiger partial charge in [-0.15, -0.1) is 0 Å². The van der Waals surface area contributed by atoms with E-state index in [1.54, 1.807) is 23.1 Å². The fourth-order valence-corrected chi connectivity index (χ4v) is 4.55. The molecule has 2 aliphatic heterocycles. The lowest BCUT2D eigenvalue weighted by Crippen LogP contribution is -2.37. The van der Waals surface area contributed by atoms with E-state index < -0.39 is 10.0 Å². The van der Waals surface area contributed by atoms with E-state index in [1.807, 2.05) is 0 Å². The normalized spacial score (nSPS) is 18.6. The summed E-state index contributed by atoms with van der Waals surface area (Å²) in [6, 6.07) is 5.02. The van der Waals surface area contributed by atoms with Crippen molar-refractivity contribution in [3.8, 4) is 0 Å². The molecule has 1 fully saturated rings. The quantitative estimate of drug-likeness (QED) is 0.870. The first-order chi connectivity index (χ1) is 11.5. The molecule has 2 heterocycles. The number of carbonyl (C=O) groups is 1. The topological polar surface area (TPSA) is 69.7 Å². The van der Waals surface area contributed by atoms with Crippen LogP contribution in [0.2, 0.25) is 0 Å². The van der Waals surface area contributed by atoms with Gasteiger partial charge in [0.1, 0.15) is 0 Å². The highest BCUT2D eigenvalue weighted by Gasteiger charge is 2.24. The minimum Gasteiger partial charge on any atom is -0.312 e. The zero-order valence-electron chi connectivity index (χ0n) is 14.1. The Morgan fingerprint density at radius 1 is 1.17 bits per heavy atom. The molecule has 0 atom stereocenters. The molecule has 24 heavy (non-hydrogen) atoms. The van der Waals surface area contributed by atoms with Crippen LogP contribution in [0.1, 0.15) is 31.7 Å². The zero-order chi connectivity index (χ0) is 17.2. The lowest BCUT2D eigenvalue weighted by Gasteiger charge is -2.26. The minimum absolute atomic E-state index is 0.0102. The van der Waals surface area contributed by atoms with E-state index in [0.29, 0.717) is 19.5 Å². The molecule has 0 aliphatic carbocycles. The molecule has 1 aromatic carbocycles. The Hall–Kier alpha value is -1.44. The number of carbonyl (C=O) groups excluding carboxylic acids is 1. The van der Waals surface area contributed by atoms with Gasteiger partial charge in [-0.3, -0.25) is 4.79 Å². The molecule has 1 N–H and O–H groups in total. The number of nitrogens with one attached hydrogen (secondary N) is 1. The van der Waals surface area contributed by atoms with Crippen molar-refractivity contribution >= 4 is 21.6 Å². The minimum atomic E-state index is -3.50. The van der Waals surface area contributed by atoms with Gasteiger partial charge in [0.05, 0.1) is 4.90 Å². The average Bonchev–Trinajstić information content (AvgIpc) is 2.99. The maximum Gasteiger partial charge on any atom is 0.240 e. The number of benzene rings is 1. The summed E-state index contributed by atoms with van der Waals surface area (Å²) < 4.78 is 27.7. The van der Waals surface area contributed by atoms with E-state index >= 15 is 0 Å². The Balaban J connectivity index is 1.63. The molecular weight excluding hydrogens is 326 g/mol. The van der Waals surface area contributed by atoms with Crippen LogP contribution in [-0.2, 0) is 21.2 Å². The summed E-state index contributed by atoms with van der Waals surface area (Å²) in [5.41, 5.74) is 1.75. The summed E-state index contributed by atoms with van der Waals surface area (Å²) >= 11 is 0. The summed E-state index contributed by atoms with van der Waals surface area (Å²) in [7, 11) is -3.50. The highest BCUT2D eigenvalue weighted by Crippen LogP contribution is 2.30.